The molecular weight excluding hydrogens is 260 g/mol. The number of para-hydroxylation sites is 1. The molecule has 4 aromatic rings. The number of rotatable bonds is 2. The molecule has 21 heavy (non-hydrogen) atoms. The summed E-state index contributed by atoms with van der Waals surface area (Å²) in [5, 5.41) is 2.41. The van der Waals surface area contributed by atoms with E-state index in [1.54, 1.807) is 7.11 Å². The SMILES string of the molecule is COc1ccccc1-c1nc2cc3ccccc3cc2[nH]1. The molecule has 0 unspecified atom stereocenters. The first-order valence-electron chi connectivity index (χ1n) is 6.87. The van der Waals surface area contributed by atoms with Gasteiger partial charge in [-0.15, -0.1) is 0 Å². The Morgan fingerprint density at radius 1 is 0.905 bits per heavy atom. The van der Waals surface area contributed by atoms with E-state index in [1.165, 1.54) is 10.8 Å². The molecule has 0 aliphatic rings. The van der Waals surface area contributed by atoms with Crippen LogP contribution in [0.1, 0.15) is 0 Å². The molecule has 0 radical (unpaired) electrons. The second kappa shape index (κ2) is 4.63. The summed E-state index contributed by atoms with van der Waals surface area (Å²) in [6, 6.07) is 20.4. The third kappa shape index (κ3) is 1.94. The first kappa shape index (κ1) is 12.0. The van der Waals surface area contributed by atoms with E-state index >= 15 is 0 Å². The van der Waals surface area contributed by atoms with Crippen molar-refractivity contribution >= 4 is 21.8 Å². The van der Waals surface area contributed by atoms with Crippen LogP contribution in [0.15, 0.2) is 60.7 Å². The maximum Gasteiger partial charge on any atom is 0.142 e. The number of imidazole rings is 1. The molecule has 1 heterocycles. The zero-order chi connectivity index (χ0) is 14.2. The van der Waals surface area contributed by atoms with E-state index in [2.05, 4.69) is 29.2 Å². The standard InChI is InChI=1S/C18H14N2O/c1-21-17-9-5-4-8-14(17)18-19-15-10-12-6-2-3-7-13(12)11-16(15)20-18/h2-11H,1H3,(H,19,20). The second-order valence-electron chi connectivity index (χ2n) is 5.00. The van der Waals surface area contributed by atoms with Crippen LogP contribution in [-0.2, 0) is 0 Å². The fourth-order valence-electron chi connectivity index (χ4n) is 2.66. The van der Waals surface area contributed by atoms with E-state index < -0.39 is 0 Å². The average molecular weight is 274 g/mol. The van der Waals surface area contributed by atoms with Gasteiger partial charge in [0.25, 0.3) is 0 Å². The lowest BCUT2D eigenvalue weighted by molar-refractivity contribution is 0.416. The molecule has 0 amide bonds. The number of nitrogens with zero attached hydrogens (tertiary/aromatic N) is 1. The van der Waals surface area contributed by atoms with Gasteiger partial charge in [0.15, 0.2) is 0 Å². The molecule has 102 valence electrons. The van der Waals surface area contributed by atoms with Gasteiger partial charge in [-0.3, -0.25) is 0 Å². The zero-order valence-corrected chi connectivity index (χ0v) is 11.6. The van der Waals surface area contributed by atoms with Gasteiger partial charge >= 0.3 is 0 Å². The summed E-state index contributed by atoms with van der Waals surface area (Å²) in [6.45, 7) is 0. The minimum atomic E-state index is 0.820. The van der Waals surface area contributed by atoms with Crippen LogP contribution in [0.3, 0.4) is 0 Å². The van der Waals surface area contributed by atoms with Crippen LogP contribution >= 0.6 is 0 Å². The van der Waals surface area contributed by atoms with E-state index in [0.717, 1.165) is 28.2 Å². The van der Waals surface area contributed by atoms with Gasteiger partial charge in [0.05, 0.1) is 23.7 Å². The number of aromatic nitrogens is 2. The Balaban J connectivity index is 1.96. The normalized spacial score (nSPS) is 11.1. The lowest BCUT2D eigenvalue weighted by Gasteiger charge is -2.04. The first-order valence-corrected chi connectivity index (χ1v) is 6.87. The molecule has 0 saturated heterocycles. The van der Waals surface area contributed by atoms with Crippen LogP contribution in [0.5, 0.6) is 5.75 Å². The lowest BCUT2D eigenvalue weighted by Crippen LogP contribution is -1.88. The molecule has 3 nitrogen and oxygen atoms in total. The van der Waals surface area contributed by atoms with Crippen molar-refractivity contribution in [1.29, 1.82) is 0 Å². The molecule has 0 fully saturated rings. The molecule has 1 aromatic heterocycles. The summed E-state index contributed by atoms with van der Waals surface area (Å²) in [5.74, 6) is 1.65. The predicted molar refractivity (Wildman–Crippen MR) is 85.6 cm³/mol. The highest BCUT2D eigenvalue weighted by atomic mass is 16.5. The van der Waals surface area contributed by atoms with Crippen molar-refractivity contribution in [3.8, 4) is 17.1 Å². The van der Waals surface area contributed by atoms with Gasteiger partial charge < -0.3 is 9.72 Å². The van der Waals surface area contributed by atoms with E-state index in [9.17, 15) is 0 Å². The van der Waals surface area contributed by atoms with Gasteiger partial charge in [-0.2, -0.15) is 0 Å². The minimum Gasteiger partial charge on any atom is -0.496 e. The van der Waals surface area contributed by atoms with Crippen LogP contribution in [-0.4, -0.2) is 17.1 Å². The molecule has 0 spiro atoms. The van der Waals surface area contributed by atoms with Crippen molar-refractivity contribution in [3.05, 3.63) is 60.7 Å². The molecule has 0 bridgehead atoms. The summed E-state index contributed by atoms with van der Waals surface area (Å²) in [5.41, 5.74) is 2.98. The molecule has 3 aromatic carbocycles. The lowest BCUT2D eigenvalue weighted by atomic mass is 10.1. The Hall–Kier alpha value is -2.81. The van der Waals surface area contributed by atoms with E-state index in [1.807, 2.05) is 36.4 Å². The predicted octanol–water partition coefficient (Wildman–Crippen LogP) is 4.39. The molecule has 3 heteroatoms. The van der Waals surface area contributed by atoms with Crippen molar-refractivity contribution in [2.45, 2.75) is 0 Å². The summed E-state index contributed by atoms with van der Waals surface area (Å²) in [6.07, 6.45) is 0. The second-order valence-corrected chi connectivity index (χ2v) is 5.00. The van der Waals surface area contributed by atoms with Crippen molar-refractivity contribution in [1.82, 2.24) is 9.97 Å². The monoisotopic (exact) mass is 274 g/mol. The Labute approximate surface area is 122 Å². The third-order valence-corrected chi connectivity index (χ3v) is 3.71. The third-order valence-electron chi connectivity index (χ3n) is 3.71. The summed E-state index contributed by atoms with van der Waals surface area (Å²) in [7, 11) is 1.68. The fraction of sp³-hybridized carbons (Fsp3) is 0.0556. The highest BCUT2D eigenvalue weighted by Crippen LogP contribution is 2.30. The number of hydrogen-bond acceptors (Lipinski definition) is 2. The Morgan fingerprint density at radius 2 is 1.62 bits per heavy atom. The number of nitrogens with one attached hydrogen (secondary N) is 1. The van der Waals surface area contributed by atoms with Crippen molar-refractivity contribution < 1.29 is 4.74 Å². The quantitative estimate of drug-likeness (QED) is 0.588. The maximum atomic E-state index is 5.41. The van der Waals surface area contributed by atoms with Crippen molar-refractivity contribution in [2.75, 3.05) is 7.11 Å². The van der Waals surface area contributed by atoms with Crippen molar-refractivity contribution in [2.24, 2.45) is 0 Å². The van der Waals surface area contributed by atoms with Crippen LogP contribution in [0, 0.1) is 0 Å². The number of methoxy groups -OCH3 is 1. The topological polar surface area (TPSA) is 37.9 Å². The summed E-state index contributed by atoms with van der Waals surface area (Å²) < 4.78 is 5.41. The largest absolute Gasteiger partial charge is 0.496 e. The maximum absolute atomic E-state index is 5.41. The summed E-state index contributed by atoms with van der Waals surface area (Å²) in [4.78, 5) is 8.09. The molecule has 0 atom stereocenters. The van der Waals surface area contributed by atoms with Gasteiger partial charge in [-0.05, 0) is 35.0 Å². The van der Waals surface area contributed by atoms with Gasteiger partial charge in [0.1, 0.15) is 11.6 Å². The zero-order valence-electron chi connectivity index (χ0n) is 11.6. The molecule has 0 aliphatic heterocycles. The molecular formula is C18H14N2O. The van der Waals surface area contributed by atoms with E-state index in [-0.39, 0.29) is 0 Å². The van der Waals surface area contributed by atoms with Gasteiger partial charge in [-0.25, -0.2) is 4.98 Å². The van der Waals surface area contributed by atoms with Crippen LogP contribution in [0.4, 0.5) is 0 Å². The highest BCUT2D eigenvalue weighted by molar-refractivity contribution is 5.96. The molecule has 4 rings (SSSR count). The number of hydrogen-bond donors (Lipinski definition) is 1. The Morgan fingerprint density at radius 3 is 2.43 bits per heavy atom. The van der Waals surface area contributed by atoms with Gasteiger partial charge in [0.2, 0.25) is 0 Å². The number of H-pyrrole nitrogens is 1. The van der Waals surface area contributed by atoms with Gasteiger partial charge in [0, 0.05) is 0 Å². The number of ether oxygens (including phenoxy) is 1. The number of benzene rings is 3. The highest BCUT2D eigenvalue weighted by Gasteiger charge is 2.10. The summed E-state index contributed by atoms with van der Waals surface area (Å²) >= 11 is 0. The molecule has 0 saturated carbocycles. The van der Waals surface area contributed by atoms with E-state index in [0.29, 0.717) is 0 Å². The van der Waals surface area contributed by atoms with Crippen molar-refractivity contribution in [3.63, 3.8) is 0 Å². The van der Waals surface area contributed by atoms with E-state index in [4.69, 9.17) is 9.72 Å². The van der Waals surface area contributed by atoms with Crippen LogP contribution in [0.25, 0.3) is 33.2 Å². The first-order chi connectivity index (χ1) is 10.3. The van der Waals surface area contributed by atoms with Crippen LogP contribution < -0.4 is 4.74 Å². The molecule has 0 aliphatic carbocycles. The average Bonchev–Trinajstić information content (AvgIpc) is 2.95. The fourth-order valence-corrected chi connectivity index (χ4v) is 2.66. The number of aromatic amines is 1. The Bertz CT molecular complexity index is 888. The smallest absolute Gasteiger partial charge is 0.142 e. The molecule has 1 N–H and O–H groups in total. The van der Waals surface area contributed by atoms with Crippen LogP contribution in [0.2, 0.25) is 0 Å². The van der Waals surface area contributed by atoms with Gasteiger partial charge in [-0.1, -0.05) is 36.4 Å². The minimum absolute atomic E-state index is 0.820. The Kier molecular flexibility index (Phi) is 2.64. The number of fused-ring (bicyclic) bond motifs is 2.